The highest BCUT2D eigenvalue weighted by Gasteiger charge is 2.05. The van der Waals surface area contributed by atoms with Gasteiger partial charge in [-0.2, -0.15) is 0 Å². The van der Waals surface area contributed by atoms with E-state index in [1.807, 2.05) is 6.07 Å². The number of rotatable bonds is 5. The molecule has 0 saturated heterocycles. The van der Waals surface area contributed by atoms with Crippen LogP contribution in [0.5, 0.6) is 0 Å². The normalized spacial score (nSPS) is 13.1. The highest BCUT2D eigenvalue weighted by molar-refractivity contribution is 6.31. The lowest BCUT2D eigenvalue weighted by Gasteiger charge is -2.18. The van der Waals surface area contributed by atoms with Crippen LogP contribution < -0.4 is 5.32 Å². The van der Waals surface area contributed by atoms with Crippen molar-refractivity contribution >= 4 is 11.6 Å². The zero-order valence-corrected chi connectivity index (χ0v) is 11.3. The Hall–Kier alpha value is -0.570. The molecular formula is C13H21ClN2. The number of benzene rings is 1. The van der Waals surface area contributed by atoms with Gasteiger partial charge in [-0.05, 0) is 45.1 Å². The van der Waals surface area contributed by atoms with E-state index in [2.05, 4.69) is 50.3 Å². The topological polar surface area (TPSA) is 15.3 Å². The lowest BCUT2D eigenvalue weighted by Crippen LogP contribution is -2.35. The number of halogens is 1. The summed E-state index contributed by atoms with van der Waals surface area (Å²) in [7, 11) is 4.16. The Morgan fingerprint density at radius 3 is 2.62 bits per heavy atom. The van der Waals surface area contributed by atoms with Gasteiger partial charge in [-0.3, -0.25) is 0 Å². The van der Waals surface area contributed by atoms with Crippen molar-refractivity contribution in [1.82, 2.24) is 10.2 Å². The molecule has 3 heteroatoms. The van der Waals surface area contributed by atoms with Gasteiger partial charge in [0, 0.05) is 24.2 Å². The first-order valence-electron chi connectivity index (χ1n) is 5.62. The van der Waals surface area contributed by atoms with Gasteiger partial charge in [0.1, 0.15) is 0 Å². The Bertz CT molecular complexity index is 337. The Kier molecular flexibility index (Phi) is 5.26. The van der Waals surface area contributed by atoms with Crippen LogP contribution in [0.15, 0.2) is 18.2 Å². The van der Waals surface area contributed by atoms with E-state index in [-0.39, 0.29) is 0 Å². The summed E-state index contributed by atoms with van der Waals surface area (Å²) in [5.74, 6) is 0. The van der Waals surface area contributed by atoms with Gasteiger partial charge >= 0.3 is 0 Å². The quantitative estimate of drug-likeness (QED) is 0.852. The van der Waals surface area contributed by atoms with Crippen LogP contribution in [0, 0.1) is 6.92 Å². The first kappa shape index (κ1) is 13.5. The van der Waals surface area contributed by atoms with Gasteiger partial charge in [0.2, 0.25) is 0 Å². The Balaban J connectivity index is 2.48. The molecule has 0 saturated carbocycles. The van der Waals surface area contributed by atoms with Crippen LogP contribution in [0.4, 0.5) is 0 Å². The molecule has 0 heterocycles. The number of nitrogens with one attached hydrogen (secondary N) is 1. The highest BCUT2D eigenvalue weighted by atomic mass is 35.5. The molecule has 0 radical (unpaired) electrons. The molecule has 0 aromatic heterocycles. The minimum Gasteiger partial charge on any atom is -0.309 e. The van der Waals surface area contributed by atoms with Crippen LogP contribution >= 0.6 is 11.6 Å². The van der Waals surface area contributed by atoms with Crippen molar-refractivity contribution in [3.8, 4) is 0 Å². The van der Waals surface area contributed by atoms with Gasteiger partial charge in [0.25, 0.3) is 0 Å². The standard InChI is InChI=1S/C13H21ClN2/c1-10-5-6-12(13(14)7-10)8-15-11(2)9-16(3)4/h5-7,11,15H,8-9H2,1-4H3. The number of likely N-dealkylation sites (N-methyl/N-ethyl adjacent to an activating group) is 1. The summed E-state index contributed by atoms with van der Waals surface area (Å²) < 4.78 is 0. The van der Waals surface area contributed by atoms with Crippen molar-refractivity contribution in [2.75, 3.05) is 20.6 Å². The van der Waals surface area contributed by atoms with Crippen LogP contribution in [0.2, 0.25) is 5.02 Å². The van der Waals surface area contributed by atoms with E-state index in [4.69, 9.17) is 11.6 Å². The van der Waals surface area contributed by atoms with Crippen molar-refractivity contribution in [3.05, 3.63) is 34.3 Å². The number of hydrogen-bond acceptors (Lipinski definition) is 2. The number of aryl methyl sites for hydroxylation is 1. The van der Waals surface area contributed by atoms with Crippen LogP contribution in [0.3, 0.4) is 0 Å². The molecule has 2 nitrogen and oxygen atoms in total. The average Bonchev–Trinajstić information content (AvgIpc) is 2.15. The first-order valence-corrected chi connectivity index (χ1v) is 6.00. The van der Waals surface area contributed by atoms with Crippen molar-refractivity contribution < 1.29 is 0 Å². The molecule has 0 spiro atoms. The molecule has 16 heavy (non-hydrogen) atoms. The fourth-order valence-electron chi connectivity index (χ4n) is 1.69. The van der Waals surface area contributed by atoms with E-state index in [9.17, 15) is 0 Å². The molecule has 1 aromatic carbocycles. The number of hydrogen-bond donors (Lipinski definition) is 1. The molecule has 1 unspecified atom stereocenters. The zero-order chi connectivity index (χ0) is 12.1. The summed E-state index contributed by atoms with van der Waals surface area (Å²) in [5, 5.41) is 4.32. The summed E-state index contributed by atoms with van der Waals surface area (Å²) in [6.07, 6.45) is 0. The molecule has 1 N–H and O–H groups in total. The van der Waals surface area contributed by atoms with E-state index in [0.29, 0.717) is 6.04 Å². The minimum absolute atomic E-state index is 0.465. The van der Waals surface area contributed by atoms with Gasteiger partial charge in [0.15, 0.2) is 0 Å². The maximum atomic E-state index is 6.17. The van der Waals surface area contributed by atoms with Crippen LogP contribution in [0.1, 0.15) is 18.1 Å². The van der Waals surface area contributed by atoms with E-state index < -0.39 is 0 Å². The molecule has 0 aliphatic carbocycles. The van der Waals surface area contributed by atoms with Crippen LogP contribution in [-0.4, -0.2) is 31.6 Å². The second kappa shape index (κ2) is 6.24. The van der Waals surface area contributed by atoms with Crippen molar-refractivity contribution in [1.29, 1.82) is 0 Å². The Labute approximate surface area is 104 Å². The summed E-state index contributed by atoms with van der Waals surface area (Å²) >= 11 is 6.17. The first-order chi connectivity index (χ1) is 7.49. The fourth-order valence-corrected chi connectivity index (χ4v) is 1.99. The van der Waals surface area contributed by atoms with E-state index in [0.717, 1.165) is 23.7 Å². The third-order valence-corrected chi connectivity index (χ3v) is 2.84. The average molecular weight is 241 g/mol. The lowest BCUT2D eigenvalue weighted by molar-refractivity contribution is 0.349. The predicted octanol–water partition coefficient (Wildman–Crippen LogP) is 2.69. The van der Waals surface area contributed by atoms with Gasteiger partial charge in [-0.1, -0.05) is 23.7 Å². The van der Waals surface area contributed by atoms with Crippen molar-refractivity contribution in [2.45, 2.75) is 26.4 Å². The summed E-state index contributed by atoms with van der Waals surface area (Å²) in [6, 6.07) is 6.66. The monoisotopic (exact) mass is 240 g/mol. The smallest absolute Gasteiger partial charge is 0.0453 e. The van der Waals surface area contributed by atoms with E-state index in [1.54, 1.807) is 0 Å². The van der Waals surface area contributed by atoms with E-state index in [1.165, 1.54) is 5.56 Å². The Morgan fingerprint density at radius 2 is 2.06 bits per heavy atom. The second-order valence-corrected chi connectivity index (χ2v) is 5.05. The third-order valence-electron chi connectivity index (χ3n) is 2.49. The summed E-state index contributed by atoms with van der Waals surface area (Å²) in [5.41, 5.74) is 2.37. The molecule has 1 atom stereocenters. The second-order valence-electron chi connectivity index (χ2n) is 4.64. The van der Waals surface area contributed by atoms with Gasteiger partial charge in [-0.25, -0.2) is 0 Å². The molecule has 90 valence electrons. The van der Waals surface area contributed by atoms with Crippen molar-refractivity contribution in [2.24, 2.45) is 0 Å². The maximum absolute atomic E-state index is 6.17. The molecule has 0 aliphatic heterocycles. The van der Waals surface area contributed by atoms with Crippen molar-refractivity contribution in [3.63, 3.8) is 0 Å². The van der Waals surface area contributed by atoms with E-state index >= 15 is 0 Å². The molecule has 0 amide bonds. The molecular weight excluding hydrogens is 220 g/mol. The van der Waals surface area contributed by atoms with Gasteiger partial charge in [-0.15, -0.1) is 0 Å². The predicted molar refractivity (Wildman–Crippen MR) is 71.0 cm³/mol. The Morgan fingerprint density at radius 1 is 1.38 bits per heavy atom. The maximum Gasteiger partial charge on any atom is 0.0453 e. The fraction of sp³-hybridized carbons (Fsp3) is 0.538. The molecule has 1 aromatic rings. The lowest BCUT2D eigenvalue weighted by atomic mass is 10.1. The molecule has 1 rings (SSSR count). The van der Waals surface area contributed by atoms with Gasteiger partial charge < -0.3 is 10.2 Å². The molecule has 0 fully saturated rings. The number of nitrogens with zero attached hydrogens (tertiary/aromatic N) is 1. The molecule has 0 aliphatic rings. The third kappa shape index (κ3) is 4.52. The molecule has 0 bridgehead atoms. The highest BCUT2D eigenvalue weighted by Crippen LogP contribution is 2.17. The summed E-state index contributed by atoms with van der Waals surface area (Å²) in [6.45, 7) is 6.09. The van der Waals surface area contributed by atoms with Gasteiger partial charge in [0.05, 0.1) is 0 Å². The summed E-state index contributed by atoms with van der Waals surface area (Å²) in [4.78, 5) is 2.18. The largest absolute Gasteiger partial charge is 0.309 e. The SMILES string of the molecule is Cc1ccc(CNC(C)CN(C)C)c(Cl)c1. The van der Waals surface area contributed by atoms with Crippen LogP contribution in [0.25, 0.3) is 0 Å². The van der Waals surface area contributed by atoms with Crippen LogP contribution in [-0.2, 0) is 6.54 Å². The minimum atomic E-state index is 0.465. The zero-order valence-electron chi connectivity index (χ0n) is 10.5.